The number of anilines is 1. The zero-order chi connectivity index (χ0) is 22.4. The van der Waals surface area contributed by atoms with Crippen LogP contribution in [0.2, 0.25) is 0 Å². The highest BCUT2D eigenvalue weighted by molar-refractivity contribution is 7.92. The number of sulfonamides is 1. The van der Waals surface area contributed by atoms with Gasteiger partial charge in [0, 0.05) is 12.1 Å². The lowest BCUT2D eigenvalue weighted by molar-refractivity contribution is 0.0950. The van der Waals surface area contributed by atoms with Crippen LogP contribution in [0.3, 0.4) is 0 Å². The summed E-state index contributed by atoms with van der Waals surface area (Å²) in [6.07, 6.45) is 0.0747. The third-order valence-electron chi connectivity index (χ3n) is 4.51. The molecule has 7 heteroatoms. The second-order valence-corrected chi connectivity index (χ2v) is 9.13. The lowest BCUT2D eigenvalue weighted by atomic mass is 10.1. The first-order valence-corrected chi connectivity index (χ1v) is 11.5. The SMILES string of the molecule is Cc1cc(C(=O)NCc2cccc(OC(C)C)c2)ccc1NS(=O)(=O)c1ccccc1. The van der Waals surface area contributed by atoms with Gasteiger partial charge < -0.3 is 10.1 Å². The minimum atomic E-state index is -3.69. The van der Waals surface area contributed by atoms with Crippen LogP contribution in [0.4, 0.5) is 5.69 Å². The summed E-state index contributed by atoms with van der Waals surface area (Å²) in [5, 5.41) is 2.88. The van der Waals surface area contributed by atoms with Crippen LogP contribution in [0.5, 0.6) is 5.75 Å². The first-order valence-electron chi connectivity index (χ1n) is 9.97. The second-order valence-electron chi connectivity index (χ2n) is 7.44. The van der Waals surface area contributed by atoms with Crippen molar-refractivity contribution in [3.05, 3.63) is 89.5 Å². The molecule has 0 aliphatic heterocycles. The Bertz CT molecular complexity index is 1160. The zero-order valence-electron chi connectivity index (χ0n) is 17.8. The van der Waals surface area contributed by atoms with Gasteiger partial charge in [-0.3, -0.25) is 9.52 Å². The van der Waals surface area contributed by atoms with Crippen LogP contribution in [0.1, 0.15) is 35.3 Å². The van der Waals surface area contributed by atoms with Crippen molar-refractivity contribution in [1.29, 1.82) is 0 Å². The molecule has 0 aliphatic carbocycles. The van der Waals surface area contributed by atoms with Crippen molar-refractivity contribution < 1.29 is 17.9 Å². The topological polar surface area (TPSA) is 84.5 Å². The van der Waals surface area contributed by atoms with E-state index in [0.29, 0.717) is 23.4 Å². The number of nitrogens with one attached hydrogen (secondary N) is 2. The maximum Gasteiger partial charge on any atom is 0.261 e. The molecule has 162 valence electrons. The van der Waals surface area contributed by atoms with E-state index in [1.807, 2.05) is 38.1 Å². The van der Waals surface area contributed by atoms with Gasteiger partial charge in [0.1, 0.15) is 5.75 Å². The molecule has 0 aromatic heterocycles. The van der Waals surface area contributed by atoms with Crippen LogP contribution < -0.4 is 14.8 Å². The van der Waals surface area contributed by atoms with Crippen LogP contribution in [0.15, 0.2) is 77.7 Å². The second kappa shape index (κ2) is 9.66. The highest BCUT2D eigenvalue weighted by atomic mass is 32.2. The van der Waals surface area contributed by atoms with Crippen molar-refractivity contribution in [2.24, 2.45) is 0 Å². The van der Waals surface area contributed by atoms with E-state index in [-0.39, 0.29) is 16.9 Å². The van der Waals surface area contributed by atoms with Gasteiger partial charge >= 0.3 is 0 Å². The summed E-state index contributed by atoms with van der Waals surface area (Å²) in [5.74, 6) is 0.517. The van der Waals surface area contributed by atoms with Crippen molar-refractivity contribution >= 4 is 21.6 Å². The molecule has 3 aromatic rings. The number of carbonyl (C=O) groups excluding carboxylic acids is 1. The Balaban J connectivity index is 1.66. The van der Waals surface area contributed by atoms with Gasteiger partial charge in [-0.25, -0.2) is 8.42 Å². The summed E-state index contributed by atoms with van der Waals surface area (Å²) in [6.45, 7) is 6.03. The van der Waals surface area contributed by atoms with E-state index in [1.165, 1.54) is 12.1 Å². The molecule has 0 unspecified atom stereocenters. The molecular weight excluding hydrogens is 412 g/mol. The molecule has 6 nitrogen and oxygen atoms in total. The molecule has 0 bridgehead atoms. The van der Waals surface area contributed by atoms with Crippen molar-refractivity contribution in [3.8, 4) is 5.75 Å². The van der Waals surface area contributed by atoms with Gasteiger partial charge in [0.15, 0.2) is 0 Å². The van der Waals surface area contributed by atoms with Crippen LogP contribution >= 0.6 is 0 Å². The first-order chi connectivity index (χ1) is 14.7. The lowest BCUT2D eigenvalue weighted by Gasteiger charge is -2.13. The third-order valence-corrected chi connectivity index (χ3v) is 5.89. The Morgan fingerprint density at radius 1 is 0.968 bits per heavy atom. The molecule has 0 atom stereocenters. The van der Waals surface area contributed by atoms with Crippen molar-refractivity contribution in [1.82, 2.24) is 5.32 Å². The predicted molar refractivity (Wildman–Crippen MR) is 122 cm³/mol. The molecule has 3 aromatic carbocycles. The predicted octanol–water partition coefficient (Wildman–Crippen LogP) is 4.51. The van der Waals surface area contributed by atoms with Gasteiger partial charge in [0.25, 0.3) is 15.9 Å². The van der Waals surface area contributed by atoms with Crippen molar-refractivity contribution in [3.63, 3.8) is 0 Å². The molecule has 2 N–H and O–H groups in total. The monoisotopic (exact) mass is 438 g/mol. The van der Waals surface area contributed by atoms with Gasteiger partial charge in [0.05, 0.1) is 16.7 Å². The molecule has 0 saturated heterocycles. The minimum Gasteiger partial charge on any atom is -0.491 e. The Morgan fingerprint density at radius 2 is 1.71 bits per heavy atom. The summed E-state index contributed by atoms with van der Waals surface area (Å²) in [7, 11) is -3.69. The average molecular weight is 439 g/mol. The van der Waals surface area contributed by atoms with E-state index in [4.69, 9.17) is 4.74 Å². The van der Waals surface area contributed by atoms with E-state index >= 15 is 0 Å². The Hall–Kier alpha value is -3.32. The van der Waals surface area contributed by atoms with E-state index in [0.717, 1.165) is 11.3 Å². The van der Waals surface area contributed by atoms with Gasteiger partial charge in [-0.05, 0) is 74.4 Å². The fourth-order valence-electron chi connectivity index (χ4n) is 3.01. The molecule has 31 heavy (non-hydrogen) atoms. The quantitative estimate of drug-likeness (QED) is 0.542. The number of benzene rings is 3. The van der Waals surface area contributed by atoms with E-state index in [1.54, 1.807) is 43.3 Å². The number of ether oxygens (including phenoxy) is 1. The van der Waals surface area contributed by atoms with E-state index < -0.39 is 10.0 Å². The highest BCUT2D eigenvalue weighted by Gasteiger charge is 2.16. The smallest absolute Gasteiger partial charge is 0.261 e. The highest BCUT2D eigenvalue weighted by Crippen LogP contribution is 2.21. The fraction of sp³-hybridized carbons (Fsp3) is 0.208. The van der Waals surface area contributed by atoms with Gasteiger partial charge in [-0.1, -0.05) is 30.3 Å². The van der Waals surface area contributed by atoms with Gasteiger partial charge in [0.2, 0.25) is 0 Å². The van der Waals surface area contributed by atoms with Crippen molar-refractivity contribution in [2.45, 2.75) is 38.3 Å². The standard InChI is InChI=1S/C24H26N2O4S/c1-17(2)30-21-9-7-8-19(15-21)16-25-24(27)20-12-13-23(18(3)14-20)26-31(28,29)22-10-5-4-6-11-22/h4-15,17,26H,16H2,1-3H3,(H,25,27). The van der Waals surface area contributed by atoms with Crippen LogP contribution in [0, 0.1) is 6.92 Å². The van der Waals surface area contributed by atoms with Crippen molar-refractivity contribution in [2.75, 3.05) is 4.72 Å². The summed E-state index contributed by atoms with van der Waals surface area (Å²) in [6, 6.07) is 20.6. The van der Waals surface area contributed by atoms with Crippen LogP contribution in [-0.2, 0) is 16.6 Å². The molecule has 0 radical (unpaired) electrons. The zero-order valence-corrected chi connectivity index (χ0v) is 18.6. The Labute approximate surface area is 183 Å². The molecule has 0 heterocycles. The lowest BCUT2D eigenvalue weighted by Crippen LogP contribution is -2.23. The molecule has 0 aliphatic rings. The van der Waals surface area contributed by atoms with Gasteiger partial charge in [-0.2, -0.15) is 0 Å². The summed E-state index contributed by atoms with van der Waals surface area (Å²) >= 11 is 0. The number of aryl methyl sites for hydroxylation is 1. The van der Waals surface area contributed by atoms with Crippen LogP contribution in [0.25, 0.3) is 0 Å². The third kappa shape index (κ3) is 6.08. The minimum absolute atomic E-state index is 0.0747. The first kappa shape index (κ1) is 22.4. The molecular formula is C24H26N2O4S. The number of hydrogen-bond donors (Lipinski definition) is 2. The largest absolute Gasteiger partial charge is 0.491 e. The fourth-order valence-corrected chi connectivity index (χ4v) is 4.16. The number of amides is 1. The van der Waals surface area contributed by atoms with E-state index in [9.17, 15) is 13.2 Å². The number of carbonyl (C=O) groups is 1. The maximum atomic E-state index is 12.6. The summed E-state index contributed by atoms with van der Waals surface area (Å²) in [4.78, 5) is 12.8. The molecule has 1 amide bonds. The number of hydrogen-bond acceptors (Lipinski definition) is 4. The summed E-state index contributed by atoms with van der Waals surface area (Å²) in [5.41, 5.74) is 2.46. The average Bonchev–Trinajstić information content (AvgIpc) is 2.74. The Morgan fingerprint density at radius 3 is 2.39 bits per heavy atom. The molecule has 0 saturated carbocycles. The van der Waals surface area contributed by atoms with Crippen LogP contribution in [-0.4, -0.2) is 20.4 Å². The molecule has 0 spiro atoms. The van der Waals surface area contributed by atoms with E-state index in [2.05, 4.69) is 10.0 Å². The summed E-state index contributed by atoms with van der Waals surface area (Å²) < 4.78 is 33.3. The molecule has 0 fully saturated rings. The Kier molecular flexibility index (Phi) is 6.97. The normalized spacial score (nSPS) is 11.2. The van der Waals surface area contributed by atoms with Gasteiger partial charge in [-0.15, -0.1) is 0 Å². The maximum absolute atomic E-state index is 12.6. The molecule has 3 rings (SSSR count). The number of rotatable bonds is 8.